The van der Waals surface area contributed by atoms with Crippen LogP contribution in [0.1, 0.15) is 48.1 Å². The van der Waals surface area contributed by atoms with Gasteiger partial charge in [-0.3, -0.25) is 14.5 Å². The lowest BCUT2D eigenvalue weighted by Crippen LogP contribution is -2.42. The molecule has 1 fully saturated rings. The summed E-state index contributed by atoms with van der Waals surface area (Å²) in [6.07, 6.45) is 2.22. The van der Waals surface area contributed by atoms with Gasteiger partial charge >= 0.3 is 0 Å². The lowest BCUT2D eigenvalue weighted by molar-refractivity contribution is -0.125. The first kappa shape index (κ1) is 23.0. The molecule has 0 heterocycles. The molecule has 33 heavy (non-hydrogen) atoms. The highest BCUT2D eigenvalue weighted by atomic mass is 16.2. The molecular formula is C28H33N3O2. The summed E-state index contributed by atoms with van der Waals surface area (Å²) in [4.78, 5) is 27.5. The number of hydrogen-bond acceptors (Lipinski definition) is 3. The van der Waals surface area contributed by atoms with Crippen molar-refractivity contribution < 1.29 is 9.59 Å². The summed E-state index contributed by atoms with van der Waals surface area (Å²) in [6.45, 7) is 8.41. The molecule has 0 aliphatic heterocycles. The summed E-state index contributed by atoms with van der Waals surface area (Å²) < 4.78 is 0. The molecule has 2 N–H and O–H groups in total. The normalized spacial score (nSPS) is 14.3. The Bertz CT molecular complexity index is 1160. The molecule has 5 nitrogen and oxygen atoms in total. The van der Waals surface area contributed by atoms with Crippen LogP contribution in [0.25, 0.3) is 10.8 Å². The number of benzene rings is 3. The average Bonchev–Trinajstić information content (AvgIpc) is 3.63. The fourth-order valence-electron chi connectivity index (χ4n) is 4.61. The van der Waals surface area contributed by atoms with Crippen LogP contribution in [0, 0.1) is 20.8 Å². The first-order chi connectivity index (χ1) is 15.8. The van der Waals surface area contributed by atoms with Crippen LogP contribution < -0.4 is 10.6 Å². The van der Waals surface area contributed by atoms with Crippen LogP contribution in [0.2, 0.25) is 0 Å². The molecule has 1 aliphatic carbocycles. The van der Waals surface area contributed by atoms with Gasteiger partial charge < -0.3 is 10.6 Å². The first-order valence-corrected chi connectivity index (χ1v) is 11.7. The zero-order valence-corrected chi connectivity index (χ0v) is 19.9. The molecule has 0 bridgehead atoms. The van der Waals surface area contributed by atoms with Gasteiger partial charge in [0.1, 0.15) is 0 Å². The summed E-state index contributed by atoms with van der Waals surface area (Å²) in [7, 11) is 0. The van der Waals surface area contributed by atoms with E-state index in [9.17, 15) is 9.59 Å². The average molecular weight is 444 g/mol. The minimum absolute atomic E-state index is 0.0333. The summed E-state index contributed by atoms with van der Waals surface area (Å²) >= 11 is 0. The van der Waals surface area contributed by atoms with Crippen LogP contribution in [-0.4, -0.2) is 35.8 Å². The molecule has 0 radical (unpaired) electrons. The van der Waals surface area contributed by atoms with Crippen LogP contribution in [0.3, 0.4) is 0 Å². The second-order valence-electron chi connectivity index (χ2n) is 9.28. The Morgan fingerprint density at radius 1 is 0.939 bits per heavy atom. The molecule has 0 spiro atoms. The smallest absolute Gasteiger partial charge is 0.243 e. The van der Waals surface area contributed by atoms with E-state index >= 15 is 0 Å². The number of hydrogen-bond donors (Lipinski definition) is 2. The zero-order valence-electron chi connectivity index (χ0n) is 19.9. The molecule has 3 aromatic rings. The van der Waals surface area contributed by atoms with Crippen LogP contribution in [0.15, 0.2) is 54.6 Å². The molecular weight excluding hydrogens is 410 g/mol. The third-order valence-electron chi connectivity index (χ3n) is 6.48. The summed E-state index contributed by atoms with van der Waals surface area (Å²) in [6, 6.07) is 19.5. The summed E-state index contributed by atoms with van der Waals surface area (Å²) in [5.41, 5.74) is 5.24. The lowest BCUT2D eigenvalue weighted by atomic mass is 10.0. The standard InChI is InChI=1S/C28H33N3O2/c1-18-13-19(2)28(20(3)14-18)30-26(32)16-29-27(33)17-31(25-11-12-25)21(4)23-10-9-22-7-5-6-8-24(22)15-23/h5-10,13-15,21,25H,11-12,16-17H2,1-4H3,(H,29,33)(H,30,32). The Labute approximate surface area is 196 Å². The first-order valence-electron chi connectivity index (χ1n) is 11.7. The van der Waals surface area contributed by atoms with Gasteiger partial charge in [-0.15, -0.1) is 0 Å². The van der Waals surface area contributed by atoms with E-state index < -0.39 is 0 Å². The predicted octanol–water partition coefficient (Wildman–Crippen LogP) is 5.05. The van der Waals surface area contributed by atoms with E-state index in [1.807, 2.05) is 45.0 Å². The van der Waals surface area contributed by atoms with E-state index in [1.165, 1.54) is 16.3 Å². The number of carbonyl (C=O) groups is 2. The Hall–Kier alpha value is -3.18. The fraction of sp³-hybridized carbons (Fsp3) is 0.357. The molecule has 0 aromatic heterocycles. The van der Waals surface area contributed by atoms with Gasteiger partial charge in [0, 0.05) is 17.8 Å². The van der Waals surface area contributed by atoms with Crippen molar-refractivity contribution in [3.63, 3.8) is 0 Å². The quantitative estimate of drug-likeness (QED) is 0.512. The lowest BCUT2D eigenvalue weighted by Gasteiger charge is -2.29. The molecule has 1 saturated carbocycles. The van der Waals surface area contributed by atoms with Gasteiger partial charge in [-0.05, 0) is 74.1 Å². The van der Waals surface area contributed by atoms with Gasteiger partial charge in [0.25, 0.3) is 0 Å². The second kappa shape index (κ2) is 9.75. The number of amides is 2. The largest absolute Gasteiger partial charge is 0.346 e. The third kappa shape index (κ3) is 5.60. The topological polar surface area (TPSA) is 61.4 Å². The van der Waals surface area contributed by atoms with Gasteiger partial charge in [-0.25, -0.2) is 0 Å². The van der Waals surface area contributed by atoms with Crippen molar-refractivity contribution >= 4 is 28.3 Å². The molecule has 1 atom stereocenters. The number of fused-ring (bicyclic) bond motifs is 1. The van der Waals surface area contributed by atoms with E-state index in [2.05, 4.69) is 52.8 Å². The van der Waals surface area contributed by atoms with Crippen LogP contribution in [-0.2, 0) is 9.59 Å². The molecule has 1 aliphatic rings. The number of nitrogens with zero attached hydrogens (tertiary/aromatic N) is 1. The Balaban J connectivity index is 1.36. The van der Waals surface area contributed by atoms with E-state index in [-0.39, 0.29) is 30.9 Å². The number of rotatable bonds is 8. The maximum absolute atomic E-state index is 12.7. The highest BCUT2D eigenvalue weighted by Crippen LogP contribution is 2.34. The minimum Gasteiger partial charge on any atom is -0.346 e. The number of carbonyl (C=O) groups excluding carboxylic acids is 2. The van der Waals surface area contributed by atoms with Gasteiger partial charge in [-0.2, -0.15) is 0 Å². The van der Waals surface area contributed by atoms with Crippen LogP contribution >= 0.6 is 0 Å². The summed E-state index contributed by atoms with van der Waals surface area (Å²) in [5.74, 6) is -0.332. The molecule has 5 heteroatoms. The summed E-state index contributed by atoms with van der Waals surface area (Å²) in [5, 5.41) is 8.18. The fourth-order valence-corrected chi connectivity index (χ4v) is 4.61. The molecule has 172 valence electrons. The van der Waals surface area contributed by atoms with Gasteiger partial charge in [-0.1, -0.05) is 54.1 Å². The number of aryl methyl sites for hydroxylation is 3. The Kier molecular flexibility index (Phi) is 6.80. The van der Waals surface area contributed by atoms with Crippen molar-refractivity contribution in [1.82, 2.24) is 10.2 Å². The monoisotopic (exact) mass is 443 g/mol. The van der Waals surface area contributed by atoms with Crippen molar-refractivity contribution in [3.05, 3.63) is 76.9 Å². The molecule has 4 rings (SSSR count). The Morgan fingerprint density at radius 3 is 2.27 bits per heavy atom. The van der Waals surface area contributed by atoms with E-state index in [0.29, 0.717) is 6.04 Å². The van der Waals surface area contributed by atoms with Crippen molar-refractivity contribution in [2.24, 2.45) is 0 Å². The van der Waals surface area contributed by atoms with Gasteiger partial charge in [0.2, 0.25) is 11.8 Å². The minimum atomic E-state index is -0.209. The highest BCUT2D eigenvalue weighted by Gasteiger charge is 2.34. The third-order valence-corrected chi connectivity index (χ3v) is 6.48. The number of nitrogens with one attached hydrogen (secondary N) is 2. The van der Waals surface area contributed by atoms with E-state index in [1.54, 1.807) is 0 Å². The van der Waals surface area contributed by atoms with Crippen molar-refractivity contribution in [3.8, 4) is 0 Å². The van der Waals surface area contributed by atoms with Crippen molar-refractivity contribution in [2.45, 2.75) is 52.6 Å². The number of anilines is 1. The second-order valence-corrected chi connectivity index (χ2v) is 9.28. The van der Waals surface area contributed by atoms with E-state index in [4.69, 9.17) is 0 Å². The van der Waals surface area contributed by atoms with E-state index in [0.717, 1.165) is 35.2 Å². The molecule has 1 unspecified atom stereocenters. The van der Waals surface area contributed by atoms with Crippen molar-refractivity contribution in [2.75, 3.05) is 18.4 Å². The zero-order chi connectivity index (χ0) is 23.5. The predicted molar refractivity (Wildman–Crippen MR) is 134 cm³/mol. The SMILES string of the molecule is Cc1cc(C)c(NC(=O)CNC(=O)CN(C2CC2)C(C)c2ccc3ccccc3c2)c(C)c1. The molecule has 2 amide bonds. The maximum Gasteiger partial charge on any atom is 0.243 e. The van der Waals surface area contributed by atoms with Crippen molar-refractivity contribution in [1.29, 1.82) is 0 Å². The molecule has 3 aromatic carbocycles. The Morgan fingerprint density at radius 2 is 1.61 bits per heavy atom. The van der Waals surface area contributed by atoms with Gasteiger partial charge in [0.15, 0.2) is 0 Å². The van der Waals surface area contributed by atoms with Crippen LogP contribution in [0.5, 0.6) is 0 Å². The highest BCUT2D eigenvalue weighted by molar-refractivity contribution is 5.96. The maximum atomic E-state index is 12.7. The molecule has 0 saturated heterocycles. The van der Waals surface area contributed by atoms with Gasteiger partial charge in [0.05, 0.1) is 13.1 Å². The van der Waals surface area contributed by atoms with Crippen LogP contribution in [0.4, 0.5) is 5.69 Å².